The average Bonchev–Trinajstić information content (AvgIpc) is 2.80. The summed E-state index contributed by atoms with van der Waals surface area (Å²) in [5, 5.41) is 10.1. The molecule has 1 heterocycles. The van der Waals surface area contributed by atoms with Gasteiger partial charge in [-0.1, -0.05) is 30.3 Å². The summed E-state index contributed by atoms with van der Waals surface area (Å²) in [4.78, 5) is 25.7. The number of aliphatic hydroxyl groups excluding tert-OH is 1. The number of Topliss-reactive ketones (excluding diaryl/α,β-unsaturated/α-hetero) is 1. The van der Waals surface area contributed by atoms with E-state index in [-0.39, 0.29) is 17.7 Å². The molecule has 2 aromatic carbocycles. The van der Waals surface area contributed by atoms with Crippen LogP contribution in [-0.2, 0) is 16.1 Å². The van der Waals surface area contributed by atoms with Crippen molar-refractivity contribution in [2.75, 3.05) is 0 Å². The summed E-state index contributed by atoms with van der Waals surface area (Å²) in [7, 11) is 0. The van der Waals surface area contributed by atoms with Crippen LogP contribution in [0.2, 0.25) is 0 Å². The number of ketones is 1. The van der Waals surface area contributed by atoms with Crippen molar-refractivity contribution in [2.45, 2.75) is 19.5 Å². The highest BCUT2D eigenvalue weighted by Gasteiger charge is 2.42. The summed E-state index contributed by atoms with van der Waals surface area (Å²) < 4.78 is 26.9. The van der Waals surface area contributed by atoms with E-state index >= 15 is 0 Å². The molecule has 1 unspecified atom stereocenters. The van der Waals surface area contributed by atoms with Gasteiger partial charge in [-0.25, -0.2) is 8.78 Å². The monoisotopic (exact) mass is 343 g/mol. The fourth-order valence-electron chi connectivity index (χ4n) is 3.06. The van der Waals surface area contributed by atoms with Gasteiger partial charge in [0.25, 0.3) is 5.91 Å². The maximum absolute atomic E-state index is 13.4. The van der Waals surface area contributed by atoms with Crippen molar-refractivity contribution in [3.8, 4) is 0 Å². The van der Waals surface area contributed by atoms with E-state index in [1.165, 1.54) is 11.8 Å². The smallest absolute Gasteiger partial charge is 0.290 e. The molecule has 0 radical (unpaired) electrons. The lowest BCUT2D eigenvalue weighted by Gasteiger charge is -2.26. The predicted molar refractivity (Wildman–Crippen MR) is 86.4 cm³/mol. The molecule has 0 spiro atoms. The van der Waals surface area contributed by atoms with Gasteiger partial charge in [0.2, 0.25) is 0 Å². The molecule has 1 atom stereocenters. The number of nitrogens with zero attached hydrogens (tertiary/aromatic N) is 1. The maximum Gasteiger partial charge on any atom is 0.290 e. The van der Waals surface area contributed by atoms with Gasteiger partial charge in [0.1, 0.15) is 11.6 Å². The quantitative estimate of drug-likeness (QED) is 0.925. The summed E-state index contributed by atoms with van der Waals surface area (Å²) in [5.41, 5.74) is 0.833. The number of amides is 1. The fourth-order valence-corrected chi connectivity index (χ4v) is 3.06. The molecule has 0 bridgehead atoms. The zero-order chi connectivity index (χ0) is 18.1. The van der Waals surface area contributed by atoms with E-state index in [4.69, 9.17) is 0 Å². The van der Waals surface area contributed by atoms with Crippen molar-refractivity contribution < 1.29 is 23.5 Å². The lowest BCUT2D eigenvalue weighted by molar-refractivity contribution is -0.130. The largest absolute Gasteiger partial charge is 0.503 e. The van der Waals surface area contributed by atoms with Crippen LogP contribution < -0.4 is 0 Å². The van der Waals surface area contributed by atoms with Gasteiger partial charge in [-0.2, -0.15) is 0 Å². The zero-order valence-electron chi connectivity index (χ0n) is 13.4. The molecule has 3 rings (SSSR count). The molecule has 0 saturated heterocycles. The van der Waals surface area contributed by atoms with Gasteiger partial charge in [-0.3, -0.25) is 9.59 Å². The molecule has 1 aliphatic heterocycles. The summed E-state index contributed by atoms with van der Waals surface area (Å²) in [5.74, 6) is -3.33. The Labute approximate surface area is 143 Å². The standard InChI is InChI=1S/C19H15F2NO3/c1-11(23)16-17(13-5-3-2-4-6-13)22(19(25)18(16)24)10-12-7-14(20)9-15(21)8-12/h2-9,17,24H,10H2,1H3. The number of aliphatic hydroxyl groups is 1. The predicted octanol–water partition coefficient (Wildman–Crippen LogP) is 3.45. The molecular formula is C19H15F2NO3. The Bertz CT molecular complexity index is 857. The fraction of sp³-hybridized carbons (Fsp3) is 0.158. The molecule has 2 aromatic rings. The van der Waals surface area contributed by atoms with Crippen molar-refractivity contribution in [1.82, 2.24) is 4.90 Å². The highest BCUT2D eigenvalue weighted by Crippen LogP contribution is 2.38. The molecule has 1 aliphatic rings. The topological polar surface area (TPSA) is 57.6 Å². The number of hydrogen-bond donors (Lipinski definition) is 1. The van der Waals surface area contributed by atoms with Gasteiger partial charge in [0, 0.05) is 12.6 Å². The van der Waals surface area contributed by atoms with Gasteiger partial charge in [0.05, 0.1) is 11.6 Å². The highest BCUT2D eigenvalue weighted by molar-refractivity contribution is 6.08. The lowest BCUT2D eigenvalue weighted by Crippen LogP contribution is -2.30. The average molecular weight is 343 g/mol. The number of halogens is 2. The van der Waals surface area contributed by atoms with Crippen LogP contribution in [-0.4, -0.2) is 21.7 Å². The first-order chi connectivity index (χ1) is 11.9. The SMILES string of the molecule is CC(=O)C1=C(O)C(=O)N(Cc2cc(F)cc(F)c2)C1c1ccccc1. The van der Waals surface area contributed by atoms with Crippen LogP contribution in [0.15, 0.2) is 59.9 Å². The van der Waals surface area contributed by atoms with E-state index in [0.717, 1.165) is 18.2 Å². The van der Waals surface area contributed by atoms with Crippen molar-refractivity contribution >= 4 is 11.7 Å². The van der Waals surface area contributed by atoms with Gasteiger partial charge < -0.3 is 10.0 Å². The third-order valence-corrected chi connectivity index (χ3v) is 4.07. The van der Waals surface area contributed by atoms with E-state index in [1.807, 2.05) is 0 Å². The number of rotatable bonds is 4. The van der Waals surface area contributed by atoms with Gasteiger partial charge in [-0.05, 0) is 30.2 Å². The molecular weight excluding hydrogens is 328 g/mol. The minimum atomic E-state index is -0.808. The Kier molecular flexibility index (Phi) is 4.35. The minimum absolute atomic E-state index is 0.0203. The van der Waals surface area contributed by atoms with Gasteiger partial charge in [0.15, 0.2) is 11.5 Å². The summed E-state index contributed by atoms with van der Waals surface area (Å²) >= 11 is 0. The molecule has 128 valence electrons. The maximum atomic E-state index is 13.4. The first kappa shape index (κ1) is 16.8. The highest BCUT2D eigenvalue weighted by atomic mass is 19.1. The van der Waals surface area contributed by atoms with E-state index in [2.05, 4.69) is 0 Å². The van der Waals surface area contributed by atoms with Gasteiger partial charge >= 0.3 is 0 Å². The first-order valence-corrected chi connectivity index (χ1v) is 7.63. The normalized spacial score (nSPS) is 17.3. The Balaban J connectivity index is 2.05. The third-order valence-electron chi connectivity index (χ3n) is 4.07. The Morgan fingerprint density at radius 2 is 1.72 bits per heavy atom. The second-order valence-electron chi connectivity index (χ2n) is 5.84. The van der Waals surface area contributed by atoms with E-state index < -0.39 is 35.1 Å². The summed E-state index contributed by atoms with van der Waals surface area (Å²) in [6, 6.07) is 10.9. The Morgan fingerprint density at radius 3 is 2.28 bits per heavy atom. The van der Waals surface area contributed by atoms with Crippen LogP contribution in [0.4, 0.5) is 8.78 Å². The summed E-state index contributed by atoms with van der Waals surface area (Å²) in [6.07, 6.45) is 0. The molecule has 0 aromatic heterocycles. The van der Waals surface area contributed by atoms with E-state index in [9.17, 15) is 23.5 Å². The second-order valence-corrected chi connectivity index (χ2v) is 5.84. The Hall–Kier alpha value is -3.02. The van der Waals surface area contributed by atoms with E-state index in [0.29, 0.717) is 5.56 Å². The molecule has 0 fully saturated rings. The zero-order valence-corrected chi connectivity index (χ0v) is 13.4. The molecule has 1 amide bonds. The third kappa shape index (κ3) is 3.15. The number of hydrogen-bond acceptors (Lipinski definition) is 3. The van der Waals surface area contributed by atoms with Crippen molar-refractivity contribution in [3.05, 3.63) is 82.6 Å². The van der Waals surface area contributed by atoms with Gasteiger partial charge in [-0.15, -0.1) is 0 Å². The van der Waals surface area contributed by atoms with Crippen LogP contribution in [0.3, 0.4) is 0 Å². The molecule has 6 heteroatoms. The van der Waals surface area contributed by atoms with Crippen LogP contribution in [0.1, 0.15) is 24.1 Å². The lowest BCUT2D eigenvalue weighted by atomic mass is 9.96. The molecule has 4 nitrogen and oxygen atoms in total. The number of carbonyl (C=O) groups excluding carboxylic acids is 2. The number of carbonyl (C=O) groups is 2. The number of benzene rings is 2. The molecule has 0 saturated carbocycles. The molecule has 0 aliphatic carbocycles. The first-order valence-electron chi connectivity index (χ1n) is 7.63. The van der Waals surface area contributed by atoms with Crippen molar-refractivity contribution in [3.63, 3.8) is 0 Å². The minimum Gasteiger partial charge on any atom is -0.503 e. The van der Waals surface area contributed by atoms with Crippen LogP contribution in [0.5, 0.6) is 0 Å². The van der Waals surface area contributed by atoms with Crippen LogP contribution in [0, 0.1) is 11.6 Å². The van der Waals surface area contributed by atoms with Crippen molar-refractivity contribution in [2.24, 2.45) is 0 Å². The van der Waals surface area contributed by atoms with Crippen LogP contribution in [0.25, 0.3) is 0 Å². The van der Waals surface area contributed by atoms with Crippen molar-refractivity contribution in [1.29, 1.82) is 0 Å². The van der Waals surface area contributed by atoms with Crippen LogP contribution >= 0.6 is 0 Å². The van der Waals surface area contributed by atoms with E-state index in [1.54, 1.807) is 30.3 Å². The molecule has 1 N–H and O–H groups in total. The second kappa shape index (κ2) is 6.47. The molecule has 25 heavy (non-hydrogen) atoms. The Morgan fingerprint density at radius 1 is 1.12 bits per heavy atom. The summed E-state index contributed by atoms with van der Waals surface area (Å²) in [6.45, 7) is 1.12.